The summed E-state index contributed by atoms with van der Waals surface area (Å²) in [5, 5.41) is 20.2. The highest BCUT2D eigenvalue weighted by Crippen LogP contribution is 2.35. The van der Waals surface area contributed by atoms with Gasteiger partial charge in [0.05, 0.1) is 11.5 Å². The molecule has 1 aromatic rings. The molecule has 5 heteroatoms. The predicted octanol–water partition coefficient (Wildman–Crippen LogP) is 2.71. The molecule has 0 saturated heterocycles. The van der Waals surface area contributed by atoms with Gasteiger partial charge < -0.3 is 10.0 Å². The Bertz CT molecular complexity index is 470. The Morgan fingerprint density at radius 2 is 2.16 bits per heavy atom. The topological polar surface area (TPSA) is 66.6 Å². The van der Waals surface area contributed by atoms with E-state index in [1.54, 1.807) is 6.07 Å². The second-order valence-corrected chi connectivity index (χ2v) is 5.51. The lowest BCUT2D eigenvalue weighted by atomic mass is 10.1. The number of nitro benzene ring substituents is 1. The average molecular weight is 264 g/mol. The van der Waals surface area contributed by atoms with Crippen LogP contribution in [0.5, 0.6) is 0 Å². The van der Waals surface area contributed by atoms with Crippen molar-refractivity contribution in [1.29, 1.82) is 0 Å². The third-order valence-electron chi connectivity index (χ3n) is 3.30. The van der Waals surface area contributed by atoms with E-state index in [9.17, 15) is 15.2 Å². The van der Waals surface area contributed by atoms with Gasteiger partial charge in [-0.2, -0.15) is 0 Å². The lowest BCUT2D eigenvalue weighted by Gasteiger charge is -2.28. The zero-order valence-corrected chi connectivity index (χ0v) is 11.4. The van der Waals surface area contributed by atoms with E-state index in [1.807, 2.05) is 0 Å². The summed E-state index contributed by atoms with van der Waals surface area (Å²) in [6, 6.07) is 5.29. The molecule has 0 spiro atoms. The summed E-state index contributed by atoms with van der Waals surface area (Å²) in [4.78, 5) is 12.6. The number of non-ortho nitro benzene ring substituents is 1. The molecule has 0 atom stereocenters. The second kappa shape index (κ2) is 5.57. The quantitative estimate of drug-likeness (QED) is 0.633. The molecule has 0 bridgehead atoms. The van der Waals surface area contributed by atoms with Gasteiger partial charge in [0.15, 0.2) is 0 Å². The normalized spacial score (nSPS) is 14.7. The molecule has 0 amide bonds. The molecule has 1 N–H and O–H groups in total. The van der Waals surface area contributed by atoms with Gasteiger partial charge in [-0.1, -0.05) is 13.8 Å². The van der Waals surface area contributed by atoms with Crippen LogP contribution in [0.25, 0.3) is 0 Å². The molecule has 0 unspecified atom stereocenters. The van der Waals surface area contributed by atoms with Crippen molar-refractivity contribution in [3.63, 3.8) is 0 Å². The van der Waals surface area contributed by atoms with E-state index in [0.29, 0.717) is 17.5 Å². The highest BCUT2D eigenvalue weighted by molar-refractivity contribution is 5.59. The number of nitro groups is 1. The molecule has 0 aromatic heterocycles. The van der Waals surface area contributed by atoms with Crippen molar-refractivity contribution < 1.29 is 10.0 Å². The second-order valence-electron chi connectivity index (χ2n) is 5.51. The van der Waals surface area contributed by atoms with Gasteiger partial charge >= 0.3 is 0 Å². The molecular formula is C14H20N2O3. The van der Waals surface area contributed by atoms with Crippen molar-refractivity contribution in [3.8, 4) is 0 Å². The first kappa shape index (κ1) is 13.8. The van der Waals surface area contributed by atoms with E-state index in [0.717, 1.165) is 25.1 Å². The van der Waals surface area contributed by atoms with Gasteiger partial charge in [-0.3, -0.25) is 10.1 Å². The Morgan fingerprint density at radius 3 is 2.63 bits per heavy atom. The minimum absolute atomic E-state index is 0.0353. The first-order valence-corrected chi connectivity index (χ1v) is 6.67. The summed E-state index contributed by atoms with van der Waals surface area (Å²) in [6.07, 6.45) is 2.32. The van der Waals surface area contributed by atoms with E-state index in [2.05, 4.69) is 18.7 Å². The SMILES string of the molecule is CC(C)CN(c1ccc([N+](=O)[O-])cc1CO)C1CC1. The summed E-state index contributed by atoms with van der Waals surface area (Å²) in [7, 11) is 0. The zero-order valence-electron chi connectivity index (χ0n) is 11.4. The number of anilines is 1. The van der Waals surface area contributed by atoms with Gasteiger partial charge in [0.1, 0.15) is 0 Å². The fourth-order valence-corrected chi connectivity index (χ4v) is 2.32. The number of aliphatic hydroxyl groups is 1. The highest BCUT2D eigenvalue weighted by atomic mass is 16.6. The number of aliphatic hydroxyl groups excluding tert-OH is 1. The Kier molecular flexibility index (Phi) is 4.04. The van der Waals surface area contributed by atoms with Crippen molar-refractivity contribution in [1.82, 2.24) is 0 Å². The molecule has 1 aliphatic carbocycles. The van der Waals surface area contributed by atoms with Crippen LogP contribution in [-0.4, -0.2) is 22.6 Å². The van der Waals surface area contributed by atoms with Crippen molar-refractivity contribution in [3.05, 3.63) is 33.9 Å². The van der Waals surface area contributed by atoms with Gasteiger partial charge in [0, 0.05) is 36.0 Å². The molecule has 0 heterocycles. The monoisotopic (exact) mass is 264 g/mol. The number of nitrogens with zero attached hydrogens (tertiary/aromatic N) is 2. The first-order valence-electron chi connectivity index (χ1n) is 6.67. The third kappa shape index (κ3) is 3.23. The van der Waals surface area contributed by atoms with Crippen LogP contribution < -0.4 is 4.90 Å². The van der Waals surface area contributed by atoms with Gasteiger partial charge in [-0.15, -0.1) is 0 Å². The molecule has 1 aliphatic rings. The van der Waals surface area contributed by atoms with Gasteiger partial charge in [-0.25, -0.2) is 0 Å². The van der Waals surface area contributed by atoms with E-state index in [1.165, 1.54) is 12.1 Å². The molecule has 1 aromatic carbocycles. The maximum absolute atomic E-state index is 10.8. The van der Waals surface area contributed by atoms with Gasteiger partial charge in [-0.05, 0) is 24.8 Å². The summed E-state index contributed by atoms with van der Waals surface area (Å²) >= 11 is 0. The lowest BCUT2D eigenvalue weighted by Crippen LogP contribution is -2.30. The Labute approximate surface area is 113 Å². The van der Waals surface area contributed by atoms with E-state index < -0.39 is 4.92 Å². The Morgan fingerprint density at radius 1 is 1.47 bits per heavy atom. The van der Waals surface area contributed by atoms with Crippen molar-refractivity contribution in [2.24, 2.45) is 5.92 Å². The minimum atomic E-state index is -0.424. The van der Waals surface area contributed by atoms with E-state index >= 15 is 0 Å². The highest BCUT2D eigenvalue weighted by Gasteiger charge is 2.31. The van der Waals surface area contributed by atoms with E-state index in [4.69, 9.17) is 0 Å². The molecule has 1 fully saturated rings. The van der Waals surface area contributed by atoms with Crippen LogP contribution in [0.4, 0.5) is 11.4 Å². The summed E-state index contributed by atoms with van der Waals surface area (Å²) in [6.45, 7) is 5.05. The number of rotatable bonds is 6. The first-order chi connectivity index (χ1) is 9.02. The molecular weight excluding hydrogens is 244 g/mol. The summed E-state index contributed by atoms with van der Waals surface area (Å²) in [5.74, 6) is 0.516. The molecule has 0 aliphatic heterocycles. The summed E-state index contributed by atoms with van der Waals surface area (Å²) in [5.41, 5.74) is 1.61. The number of benzene rings is 1. The smallest absolute Gasteiger partial charge is 0.269 e. The van der Waals surface area contributed by atoms with Crippen LogP contribution in [0.1, 0.15) is 32.3 Å². The van der Waals surface area contributed by atoms with Crippen LogP contribution in [0.2, 0.25) is 0 Å². The van der Waals surface area contributed by atoms with Crippen molar-refractivity contribution in [2.45, 2.75) is 39.3 Å². The third-order valence-corrected chi connectivity index (χ3v) is 3.30. The molecule has 2 rings (SSSR count). The lowest BCUT2D eigenvalue weighted by molar-refractivity contribution is -0.384. The number of hydrogen-bond acceptors (Lipinski definition) is 4. The fraction of sp³-hybridized carbons (Fsp3) is 0.571. The molecule has 104 valence electrons. The standard InChI is InChI=1S/C14H20N2O3/c1-10(2)8-15(12-3-4-12)14-6-5-13(16(18)19)7-11(14)9-17/h5-7,10,12,17H,3-4,8-9H2,1-2H3. The molecule has 1 saturated carbocycles. The zero-order chi connectivity index (χ0) is 14.0. The largest absolute Gasteiger partial charge is 0.392 e. The Balaban J connectivity index is 2.33. The van der Waals surface area contributed by atoms with Crippen LogP contribution >= 0.6 is 0 Å². The maximum atomic E-state index is 10.8. The van der Waals surface area contributed by atoms with Crippen LogP contribution in [0.3, 0.4) is 0 Å². The van der Waals surface area contributed by atoms with Gasteiger partial charge in [0.2, 0.25) is 0 Å². The van der Waals surface area contributed by atoms with Crippen molar-refractivity contribution in [2.75, 3.05) is 11.4 Å². The Hall–Kier alpha value is -1.62. The fourth-order valence-electron chi connectivity index (χ4n) is 2.32. The van der Waals surface area contributed by atoms with Crippen molar-refractivity contribution >= 4 is 11.4 Å². The molecule has 0 radical (unpaired) electrons. The average Bonchev–Trinajstić information content (AvgIpc) is 3.19. The van der Waals surface area contributed by atoms with Gasteiger partial charge in [0.25, 0.3) is 5.69 Å². The van der Waals surface area contributed by atoms with Crippen LogP contribution in [0.15, 0.2) is 18.2 Å². The molecule has 5 nitrogen and oxygen atoms in total. The van der Waals surface area contributed by atoms with Crippen LogP contribution in [-0.2, 0) is 6.61 Å². The van der Waals surface area contributed by atoms with E-state index in [-0.39, 0.29) is 12.3 Å². The number of hydrogen-bond donors (Lipinski definition) is 1. The minimum Gasteiger partial charge on any atom is -0.392 e. The maximum Gasteiger partial charge on any atom is 0.269 e. The molecule has 19 heavy (non-hydrogen) atoms. The summed E-state index contributed by atoms with van der Waals surface area (Å²) < 4.78 is 0. The predicted molar refractivity (Wildman–Crippen MR) is 74.2 cm³/mol. The van der Waals surface area contributed by atoms with Crippen LogP contribution in [0, 0.1) is 16.0 Å².